The maximum Gasteiger partial charge on any atom is 0.239 e. The molecule has 0 fully saturated rings. The highest BCUT2D eigenvalue weighted by molar-refractivity contribution is 6.31. The van der Waals surface area contributed by atoms with Gasteiger partial charge in [0.05, 0.1) is 12.8 Å². The molecule has 0 aliphatic carbocycles. The van der Waals surface area contributed by atoms with Gasteiger partial charge in [-0.15, -0.1) is 0 Å². The van der Waals surface area contributed by atoms with Crippen molar-refractivity contribution in [2.45, 2.75) is 20.8 Å². The smallest absolute Gasteiger partial charge is 0.239 e. The number of amides is 2. The standard InChI is InChI=1S/C19H21ClN2O3/c1-12-5-8-14(9-6-12)21-17(23)19(2,3)18(24)22-15-11-13(20)7-10-16(15)25-4/h5-11H,1-4H3,(H,21,23)(H,22,24). The second-order valence-corrected chi connectivity index (χ2v) is 6.68. The van der Waals surface area contributed by atoms with E-state index in [0.29, 0.717) is 22.1 Å². The number of rotatable bonds is 5. The number of methoxy groups -OCH3 is 1. The van der Waals surface area contributed by atoms with E-state index in [1.807, 2.05) is 19.1 Å². The molecule has 132 valence electrons. The molecule has 6 heteroatoms. The van der Waals surface area contributed by atoms with Crippen molar-refractivity contribution < 1.29 is 14.3 Å². The number of nitrogens with one attached hydrogen (secondary N) is 2. The summed E-state index contributed by atoms with van der Waals surface area (Å²) in [6, 6.07) is 12.2. The zero-order chi connectivity index (χ0) is 18.6. The van der Waals surface area contributed by atoms with E-state index in [9.17, 15) is 9.59 Å². The fourth-order valence-corrected chi connectivity index (χ4v) is 2.26. The summed E-state index contributed by atoms with van der Waals surface area (Å²) >= 11 is 5.97. The van der Waals surface area contributed by atoms with E-state index >= 15 is 0 Å². The molecule has 2 amide bonds. The molecule has 2 aromatic carbocycles. The van der Waals surface area contributed by atoms with Crippen molar-refractivity contribution in [1.82, 2.24) is 0 Å². The van der Waals surface area contributed by atoms with Crippen molar-refractivity contribution in [2.24, 2.45) is 5.41 Å². The van der Waals surface area contributed by atoms with Crippen LogP contribution in [-0.4, -0.2) is 18.9 Å². The minimum absolute atomic E-state index is 0.408. The number of carbonyl (C=O) groups is 2. The molecule has 0 aliphatic heterocycles. The summed E-state index contributed by atoms with van der Waals surface area (Å²) in [5.41, 5.74) is 0.842. The normalized spacial score (nSPS) is 10.9. The predicted octanol–water partition coefficient (Wildman–Crippen LogP) is 4.26. The largest absolute Gasteiger partial charge is 0.495 e. The second kappa shape index (κ2) is 7.57. The highest BCUT2D eigenvalue weighted by atomic mass is 35.5. The van der Waals surface area contributed by atoms with Crippen molar-refractivity contribution in [2.75, 3.05) is 17.7 Å². The Hall–Kier alpha value is -2.53. The lowest BCUT2D eigenvalue weighted by molar-refractivity contribution is -0.135. The van der Waals surface area contributed by atoms with E-state index in [1.165, 1.54) is 7.11 Å². The van der Waals surface area contributed by atoms with Gasteiger partial charge in [-0.25, -0.2) is 0 Å². The number of aryl methyl sites for hydroxylation is 1. The average molecular weight is 361 g/mol. The number of ether oxygens (including phenoxy) is 1. The van der Waals surface area contributed by atoms with Crippen molar-refractivity contribution in [3.63, 3.8) is 0 Å². The molecule has 0 radical (unpaired) electrons. The minimum atomic E-state index is -1.29. The number of anilines is 2. The molecule has 2 aromatic rings. The van der Waals surface area contributed by atoms with E-state index in [4.69, 9.17) is 16.3 Å². The van der Waals surface area contributed by atoms with Crippen LogP contribution in [0.25, 0.3) is 0 Å². The topological polar surface area (TPSA) is 67.4 Å². The lowest BCUT2D eigenvalue weighted by Crippen LogP contribution is -2.41. The van der Waals surface area contributed by atoms with Gasteiger partial charge in [0.15, 0.2) is 0 Å². The van der Waals surface area contributed by atoms with Gasteiger partial charge in [-0.1, -0.05) is 29.3 Å². The first-order valence-corrected chi connectivity index (χ1v) is 8.15. The molecule has 0 unspecified atom stereocenters. The number of benzene rings is 2. The van der Waals surface area contributed by atoms with Crippen molar-refractivity contribution in [1.29, 1.82) is 0 Å². The highest BCUT2D eigenvalue weighted by Gasteiger charge is 2.36. The molecular formula is C19H21ClN2O3. The Labute approximate surface area is 152 Å². The molecule has 2 rings (SSSR count). The van der Waals surface area contributed by atoms with Gasteiger partial charge in [-0.2, -0.15) is 0 Å². The molecule has 0 saturated heterocycles. The summed E-state index contributed by atoms with van der Waals surface area (Å²) < 4.78 is 5.21. The number of carbonyl (C=O) groups excluding carboxylic acids is 2. The maximum atomic E-state index is 12.6. The fraction of sp³-hybridized carbons (Fsp3) is 0.263. The van der Waals surface area contributed by atoms with Crippen LogP contribution in [0.2, 0.25) is 5.02 Å². The van der Waals surface area contributed by atoms with Crippen LogP contribution in [-0.2, 0) is 9.59 Å². The zero-order valence-corrected chi connectivity index (χ0v) is 15.4. The quantitative estimate of drug-likeness (QED) is 0.783. The number of halogens is 1. The first-order chi connectivity index (χ1) is 11.7. The molecule has 0 heterocycles. The van der Waals surface area contributed by atoms with Gasteiger partial charge < -0.3 is 15.4 Å². The summed E-state index contributed by atoms with van der Waals surface area (Å²) in [6.45, 7) is 5.08. The first-order valence-electron chi connectivity index (χ1n) is 7.77. The predicted molar refractivity (Wildman–Crippen MR) is 100 cm³/mol. The fourth-order valence-electron chi connectivity index (χ4n) is 2.08. The monoisotopic (exact) mass is 360 g/mol. The summed E-state index contributed by atoms with van der Waals surface area (Å²) in [4.78, 5) is 25.2. The van der Waals surface area contributed by atoms with Crippen LogP contribution in [0.15, 0.2) is 42.5 Å². The first kappa shape index (κ1) is 18.8. The van der Waals surface area contributed by atoms with E-state index in [0.717, 1.165) is 5.56 Å². The Morgan fingerprint density at radius 1 is 1.00 bits per heavy atom. The minimum Gasteiger partial charge on any atom is -0.495 e. The molecule has 2 N–H and O–H groups in total. The summed E-state index contributed by atoms with van der Waals surface area (Å²) in [6.07, 6.45) is 0. The van der Waals surface area contributed by atoms with Crippen LogP contribution in [0.5, 0.6) is 5.75 Å². The Morgan fingerprint density at radius 2 is 1.60 bits per heavy atom. The zero-order valence-electron chi connectivity index (χ0n) is 14.6. The van der Waals surface area contributed by atoms with Crippen molar-refractivity contribution in [3.8, 4) is 5.75 Å². The molecule has 0 bridgehead atoms. The SMILES string of the molecule is COc1ccc(Cl)cc1NC(=O)C(C)(C)C(=O)Nc1ccc(C)cc1. The average Bonchev–Trinajstić information content (AvgIpc) is 2.57. The van der Waals surface area contributed by atoms with Gasteiger partial charge >= 0.3 is 0 Å². The Morgan fingerprint density at radius 3 is 2.20 bits per heavy atom. The molecule has 0 aliphatic rings. The van der Waals surface area contributed by atoms with E-state index in [1.54, 1.807) is 44.2 Å². The lowest BCUT2D eigenvalue weighted by atomic mass is 9.90. The third-order valence-corrected chi connectivity index (χ3v) is 4.09. The van der Waals surface area contributed by atoms with Crippen LogP contribution >= 0.6 is 11.6 Å². The molecule has 25 heavy (non-hydrogen) atoms. The molecule has 0 atom stereocenters. The molecular weight excluding hydrogens is 340 g/mol. The van der Waals surface area contributed by atoms with Crippen molar-refractivity contribution in [3.05, 3.63) is 53.1 Å². The van der Waals surface area contributed by atoms with E-state index in [-0.39, 0.29) is 0 Å². The van der Waals surface area contributed by atoms with E-state index < -0.39 is 17.2 Å². The van der Waals surface area contributed by atoms with Crippen molar-refractivity contribution >= 4 is 34.8 Å². The Balaban J connectivity index is 2.15. The third kappa shape index (κ3) is 4.51. The number of hydrogen-bond donors (Lipinski definition) is 2. The van der Waals surface area contributed by atoms with Gasteiger partial charge in [-0.05, 0) is 51.1 Å². The van der Waals surface area contributed by atoms with Crippen LogP contribution in [0, 0.1) is 12.3 Å². The summed E-state index contributed by atoms with van der Waals surface area (Å²) in [5.74, 6) is -0.403. The third-order valence-electron chi connectivity index (χ3n) is 3.85. The van der Waals surface area contributed by atoms with Crippen LogP contribution in [0.3, 0.4) is 0 Å². The summed E-state index contributed by atoms with van der Waals surface area (Å²) in [5, 5.41) is 5.92. The lowest BCUT2D eigenvalue weighted by Gasteiger charge is -2.23. The summed E-state index contributed by atoms with van der Waals surface area (Å²) in [7, 11) is 1.49. The van der Waals surface area contributed by atoms with E-state index in [2.05, 4.69) is 10.6 Å². The Bertz CT molecular complexity index is 786. The van der Waals surface area contributed by atoms with Gasteiger partial charge in [0.25, 0.3) is 0 Å². The van der Waals surface area contributed by atoms with Gasteiger partial charge in [0.2, 0.25) is 11.8 Å². The van der Waals surface area contributed by atoms with Gasteiger partial charge in [0, 0.05) is 10.7 Å². The Kier molecular flexibility index (Phi) is 5.69. The van der Waals surface area contributed by atoms with Crippen LogP contribution in [0.1, 0.15) is 19.4 Å². The van der Waals surface area contributed by atoms with Gasteiger partial charge in [-0.3, -0.25) is 9.59 Å². The molecule has 0 aromatic heterocycles. The second-order valence-electron chi connectivity index (χ2n) is 6.24. The molecule has 0 spiro atoms. The number of hydrogen-bond acceptors (Lipinski definition) is 3. The van der Waals surface area contributed by atoms with Crippen LogP contribution < -0.4 is 15.4 Å². The molecule has 0 saturated carbocycles. The maximum absolute atomic E-state index is 12.6. The molecule has 5 nitrogen and oxygen atoms in total. The highest BCUT2D eigenvalue weighted by Crippen LogP contribution is 2.30. The van der Waals surface area contributed by atoms with Crippen LogP contribution in [0.4, 0.5) is 11.4 Å². The van der Waals surface area contributed by atoms with Gasteiger partial charge in [0.1, 0.15) is 11.2 Å².